The average Bonchev–Trinajstić information content (AvgIpc) is 2.68. The summed E-state index contributed by atoms with van der Waals surface area (Å²) in [6, 6.07) is 10.4. The number of hydrogen-bond acceptors (Lipinski definition) is 2. The predicted molar refractivity (Wildman–Crippen MR) is 111 cm³/mol. The number of aryl methyl sites for hydroxylation is 4. The Hall–Kier alpha value is -2.00. The molecule has 2 aromatic rings. The molecule has 3 nitrogen and oxygen atoms in total. The van der Waals surface area contributed by atoms with Gasteiger partial charge in [0.25, 0.3) is 5.91 Å². The van der Waals surface area contributed by atoms with Gasteiger partial charge in [0, 0.05) is 5.02 Å². The fourth-order valence-electron chi connectivity index (χ4n) is 3.77. The number of amides is 1. The highest BCUT2D eigenvalue weighted by atomic mass is 35.5. The van der Waals surface area contributed by atoms with Gasteiger partial charge in [-0.3, -0.25) is 4.79 Å². The van der Waals surface area contributed by atoms with Gasteiger partial charge in [-0.1, -0.05) is 36.7 Å². The smallest absolute Gasteiger partial charge is 0.258 e. The Morgan fingerprint density at radius 2 is 1.78 bits per heavy atom. The van der Waals surface area contributed by atoms with Crippen LogP contribution in [0, 0.1) is 13.8 Å². The Labute approximate surface area is 167 Å². The Bertz CT molecular complexity index is 808. The molecule has 144 valence electrons. The van der Waals surface area contributed by atoms with Crippen molar-refractivity contribution < 1.29 is 9.53 Å². The molecule has 0 aliphatic heterocycles. The summed E-state index contributed by atoms with van der Waals surface area (Å²) in [6.07, 6.45) is 5.71. The molecule has 0 aromatic heterocycles. The number of ether oxygens (including phenoxy) is 1. The summed E-state index contributed by atoms with van der Waals surface area (Å²) in [7, 11) is 0. The zero-order valence-corrected chi connectivity index (χ0v) is 17.2. The second-order valence-corrected chi connectivity index (χ2v) is 7.80. The maximum absolute atomic E-state index is 12.4. The van der Waals surface area contributed by atoms with E-state index in [9.17, 15) is 4.79 Å². The third-order valence-corrected chi connectivity index (χ3v) is 5.89. The molecule has 4 heteroatoms. The lowest BCUT2D eigenvalue weighted by molar-refractivity contribution is -0.123. The minimum atomic E-state index is -0.107. The zero-order valence-electron chi connectivity index (χ0n) is 16.4. The number of fused-ring (bicyclic) bond motifs is 1. The van der Waals surface area contributed by atoms with Crippen molar-refractivity contribution in [1.29, 1.82) is 0 Å². The van der Waals surface area contributed by atoms with Crippen LogP contribution in [0.25, 0.3) is 0 Å². The number of carbonyl (C=O) groups is 1. The van der Waals surface area contributed by atoms with Crippen LogP contribution in [0.15, 0.2) is 30.3 Å². The molecule has 1 aliphatic carbocycles. The van der Waals surface area contributed by atoms with E-state index in [4.69, 9.17) is 16.3 Å². The summed E-state index contributed by atoms with van der Waals surface area (Å²) in [4.78, 5) is 12.4. The summed E-state index contributed by atoms with van der Waals surface area (Å²) in [6.45, 7) is 5.97. The summed E-state index contributed by atoms with van der Waals surface area (Å²) in [5.74, 6) is 0.566. The van der Waals surface area contributed by atoms with E-state index in [-0.39, 0.29) is 18.6 Å². The van der Waals surface area contributed by atoms with Crippen LogP contribution in [-0.4, -0.2) is 12.5 Å². The van der Waals surface area contributed by atoms with Gasteiger partial charge >= 0.3 is 0 Å². The maximum atomic E-state index is 12.4. The van der Waals surface area contributed by atoms with Gasteiger partial charge < -0.3 is 10.1 Å². The van der Waals surface area contributed by atoms with Gasteiger partial charge in [0.05, 0.1) is 6.04 Å². The molecule has 0 unspecified atom stereocenters. The van der Waals surface area contributed by atoms with Crippen LogP contribution in [0.5, 0.6) is 5.75 Å². The van der Waals surface area contributed by atoms with Crippen LogP contribution >= 0.6 is 11.6 Å². The van der Waals surface area contributed by atoms with E-state index in [0.29, 0.717) is 5.75 Å². The molecule has 27 heavy (non-hydrogen) atoms. The fraction of sp³-hybridized carbons (Fsp3) is 0.435. The molecule has 1 atom stereocenters. The van der Waals surface area contributed by atoms with Gasteiger partial charge in [-0.25, -0.2) is 0 Å². The summed E-state index contributed by atoms with van der Waals surface area (Å²) < 4.78 is 5.69. The van der Waals surface area contributed by atoms with Crippen molar-refractivity contribution >= 4 is 17.5 Å². The van der Waals surface area contributed by atoms with Crippen molar-refractivity contribution in [2.24, 2.45) is 0 Å². The standard InChI is InChI=1S/C23H28ClNO2/c1-4-21(19-10-9-17-7-5-6-8-18(17)13-19)25-22(26)14-27-20-11-15(2)23(24)16(3)12-20/h9-13,21H,4-8,14H2,1-3H3,(H,25,26)/t21-/m1/s1. The van der Waals surface area contributed by atoms with Gasteiger partial charge in [0.15, 0.2) is 6.61 Å². The first-order valence-corrected chi connectivity index (χ1v) is 10.2. The van der Waals surface area contributed by atoms with Gasteiger partial charge in [0.1, 0.15) is 5.75 Å². The van der Waals surface area contributed by atoms with Crippen LogP contribution in [-0.2, 0) is 17.6 Å². The predicted octanol–water partition coefficient (Wildman–Crippen LogP) is 5.48. The minimum Gasteiger partial charge on any atom is -0.484 e. The van der Waals surface area contributed by atoms with Gasteiger partial charge in [0.2, 0.25) is 0 Å². The van der Waals surface area contributed by atoms with Crippen molar-refractivity contribution in [1.82, 2.24) is 5.32 Å². The average molecular weight is 386 g/mol. The first-order chi connectivity index (χ1) is 13.0. The minimum absolute atomic E-state index is 0.00194. The topological polar surface area (TPSA) is 38.3 Å². The third kappa shape index (κ3) is 4.84. The highest BCUT2D eigenvalue weighted by molar-refractivity contribution is 6.32. The fourth-order valence-corrected chi connectivity index (χ4v) is 3.87. The first kappa shape index (κ1) is 19.8. The Morgan fingerprint density at radius 1 is 1.11 bits per heavy atom. The van der Waals surface area contributed by atoms with E-state index in [2.05, 4.69) is 30.4 Å². The lowest BCUT2D eigenvalue weighted by Crippen LogP contribution is -2.32. The molecule has 0 saturated heterocycles. The third-order valence-electron chi connectivity index (χ3n) is 5.30. The maximum Gasteiger partial charge on any atom is 0.258 e. The van der Waals surface area contributed by atoms with Gasteiger partial charge in [-0.2, -0.15) is 0 Å². The van der Waals surface area contributed by atoms with Crippen molar-refractivity contribution in [2.45, 2.75) is 58.9 Å². The second-order valence-electron chi connectivity index (χ2n) is 7.42. The number of benzene rings is 2. The highest BCUT2D eigenvalue weighted by Gasteiger charge is 2.16. The number of rotatable bonds is 6. The van der Waals surface area contributed by atoms with E-state index in [1.165, 1.54) is 36.0 Å². The van der Waals surface area contributed by atoms with Gasteiger partial charge in [-0.15, -0.1) is 0 Å². The largest absolute Gasteiger partial charge is 0.484 e. The number of carbonyl (C=O) groups excluding carboxylic acids is 1. The van der Waals surface area contributed by atoms with E-state index in [1.54, 1.807) is 0 Å². The van der Waals surface area contributed by atoms with E-state index in [0.717, 1.165) is 29.0 Å². The van der Waals surface area contributed by atoms with Crippen LogP contribution < -0.4 is 10.1 Å². The molecule has 2 aromatic carbocycles. The van der Waals surface area contributed by atoms with E-state index >= 15 is 0 Å². The molecule has 0 saturated carbocycles. The molecule has 1 aliphatic rings. The van der Waals surface area contributed by atoms with E-state index < -0.39 is 0 Å². The highest BCUT2D eigenvalue weighted by Crippen LogP contribution is 2.27. The molecule has 0 heterocycles. The zero-order chi connectivity index (χ0) is 19.4. The van der Waals surface area contributed by atoms with Crippen LogP contribution in [0.4, 0.5) is 0 Å². The first-order valence-electron chi connectivity index (χ1n) is 9.78. The quantitative estimate of drug-likeness (QED) is 0.714. The molecule has 0 spiro atoms. The normalized spacial score (nSPS) is 14.4. The molecular formula is C23H28ClNO2. The van der Waals surface area contributed by atoms with Crippen LogP contribution in [0.1, 0.15) is 60.0 Å². The molecule has 0 radical (unpaired) electrons. The van der Waals surface area contributed by atoms with E-state index in [1.807, 2.05) is 26.0 Å². The van der Waals surface area contributed by atoms with Gasteiger partial charge in [-0.05, 0) is 85.9 Å². The van der Waals surface area contributed by atoms with Crippen LogP contribution in [0.2, 0.25) is 5.02 Å². The van der Waals surface area contributed by atoms with Crippen molar-refractivity contribution in [2.75, 3.05) is 6.61 Å². The number of nitrogens with one attached hydrogen (secondary N) is 1. The molecule has 0 fully saturated rings. The second kappa shape index (κ2) is 8.79. The molecule has 0 bridgehead atoms. The monoisotopic (exact) mass is 385 g/mol. The van der Waals surface area contributed by atoms with Crippen molar-refractivity contribution in [3.05, 3.63) is 63.2 Å². The summed E-state index contributed by atoms with van der Waals surface area (Å²) in [5.41, 5.74) is 5.99. The van der Waals surface area contributed by atoms with Crippen LogP contribution in [0.3, 0.4) is 0 Å². The number of halogens is 1. The van der Waals surface area contributed by atoms with Crippen molar-refractivity contribution in [3.63, 3.8) is 0 Å². The molecule has 1 amide bonds. The summed E-state index contributed by atoms with van der Waals surface area (Å²) in [5, 5.41) is 3.85. The Balaban J connectivity index is 1.62. The SMILES string of the molecule is CC[C@@H](NC(=O)COc1cc(C)c(Cl)c(C)c1)c1ccc2c(c1)CCCC2. The Kier molecular flexibility index (Phi) is 6.43. The molecule has 1 N–H and O–H groups in total. The molecule has 3 rings (SSSR count). The Morgan fingerprint density at radius 3 is 2.44 bits per heavy atom. The lowest BCUT2D eigenvalue weighted by Gasteiger charge is -2.22. The number of hydrogen-bond donors (Lipinski definition) is 1. The lowest BCUT2D eigenvalue weighted by atomic mass is 9.89. The summed E-state index contributed by atoms with van der Waals surface area (Å²) >= 11 is 6.18. The molecular weight excluding hydrogens is 358 g/mol. The van der Waals surface area contributed by atoms with Crippen molar-refractivity contribution in [3.8, 4) is 5.75 Å².